The van der Waals surface area contributed by atoms with Gasteiger partial charge in [-0.25, -0.2) is 9.69 Å². The van der Waals surface area contributed by atoms with E-state index in [-0.39, 0.29) is 6.61 Å². The van der Waals surface area contributed by atoms with Crippen molar-refractivity contribution in [2.24, 2.45) is 0 Å². The van der Waals surface area contributed by atoms with E-state index in [9.17, 15) is 9.59 Å². The second-order valence-electron chi connectivity index (χ2n) is 5.22. The van der Waals surface area contributed by atoms with Crippen LogP contribution >= 0.6 is 0 Å². The number of nitrogens with zero attached hydrogens (tertiary/aromatic N) is 1. The molecular weight excluding hydrogens is 292 g/mol. The lowest BCUT2D eigenvalue weighted by atomic mass is 10.1. The normalized spacial score (nSPS) is 17.5. The number of nitrogen functional groups attached to an aromatic ring is 1. The fourth-order valence-corrected chi connectivity index (χ4v) is 2.50. The third-order valence-electron chi connectivity index (χ3n) is 3.62. The minimum atomic E-state index is -0.624. The standard InChI is InChI=1S/C18H16N2O3/c19-15-8-4-5-13(11-15)9-10-17(21)20-16(12-23-18(20)22)14-6-2-1-3-7-14/h1-11,16H,12,19H2/b10-9+. The molecule has 1 atom stereocenters. The Hall–Kier alpha value is -3.08. The zero-order chi connectivity index (χ0) is 16.2. The first-order chi connectivity index (χ1) is 11.1. The van der Waals surface area contributed by atoms with Crippen LogP contribution < -0.4 is 5.73 Å². The van der Waals surface area contributed by atoms with E-state index in [1.807, 2.05) is 36.4 Å². The van der Waals surface area contributed by atoms with E-state index in [2.05, 4.69) is 0 Å². The van der Waals surface area contributed by atoms with Crippen LogP contribution in [0.2, 0.25) is 0 Å². The Morgan fingerprint density at radius 2 is 1.96 bits per heavy atom. The number of nitrogens with two attached hydrogens (primary N) is 1. The van der Waals surface area contributed by atoms with E-state index in [0.29, 0.717) is 5.69 Å². The van der Waals surface area contributed by atoms with Gasteiger partial charge in [-0.15, -0.1) is 0 Å². The predicted octanol–water partition coefficient (Wildman–Crippen LogP) is 3.00. The van der Waals surface area contributed by atoms with Gasteiger partial charge >= 0.3 is 6.09 Å². The number of hydrogen-bond acceptors (Lipinski definition) is 4. The highest BCUT2D eigenvalue weighted by atomic mass is 16.6. The van der Waals surface area contributed by atoms with Crippen molar-refractivity contribution < 1.29 is 14.3 Å². The fourth-order valence-electron chi connectivity index (χ4n) is 2.50. The number of hydrogen-bond donors (Lipinski definition) is 1. The van der Waals surface area contributed by atoms with Crippen LogP contribution in [0.5, 0.6) is 0 Å². The minimum absolute atomic E-state index is 0.167. The van der Waals surface area contributed by atoms with Crippen molar-refractivity contribution in [1.82, 2.24) is 4.90 Å². The maximum absolute atomic E-state index is 12.4. The van der Waals surface area contributed by atoms with Gasteiger partial charge in [-0.2, -0.15) is 0 Å². The molecule has 1 heterocycles. The van der Waals surface area contributed by atoms with Crippen LogP contribution in [0.3, 0.4) is 0 Å². The number of imide groups is 1. The van der Waals surface area contributed by atoms with Crippen molar-refractivity contribution in [3.8, 4) is 0 Å². The first-order valence-electron chi connectivity index (χ1n) is 7.23. The number of ether oxygens (including phenoxy) is 1. The number of cyclic esters (lactones) is 1. The Labute approximate surface area is 134 Å². The lowest BCUT2D eigenvalue weighted by Crippen LogP contribution is -2.32. The van der Waals surface area contributed by atoms with Crippen molar-refractivity contribution in [2.45, 2.75) is 6.04 Å². The van der Waals surface area contributed by atoms with E-state index in [0.717, 1.165) is 16.0 Å². The summed E-state index contributed by atoms with van der Waals surface area (Å²) in [6.45, 7) is 0.167. The van der Waals surface area contributed by atoms with Crippen LogP contribution in [0.15, 0.2) is 60.7 Å². The Balaban J connectivity index is 1.80. The third-order valence-corrected chi connectivity index (χ3v) is 3.62. The number of amides is 2. The fraction of sp³-hybridized carbons (Fsp3) is 0.111. The van der Waals surface area contributed by atoms with Crippen LogP contribution in [0.25, 0.3) is 6.08 Å². The van der Waals surface area contributed by atoms with Crippen molar-refractivity contribution in [1.29, 1.82) is 0 Å². The van der Waals surface area contributed by atoms with Crippen LogP contribution in [-0.2, 0) is 9.53 Å². The van der Waals surface area contributed by atoms with E-state index in [4.69, 9.17) is 10.5 Å². The Morgan fingerprint density at radius 3 is 2.70 bits per heavy atom. The second kappa shape index (κ2) is 6.36. The molecule has 0 radical (unpaired) electrons. The molecule has 5 nitrogen and oxygen atoms in total. The van der Waals surface area contributed by atoms with Gasteiger partial charge in [0.05, 0.1) is 0 Å². The van der Waals surface area contributed by atoms with Crippen molar-refractivity contribution in [3.63, 3.8) is 0 Å². The monoisotopic (exact) mass is 308 g/mol. The van der Waals surface area contributed by atoms with E-state index >= 15 is 0 Å². The molecule has 0 aromatic heterocycles. The molecule has 2 amide bonds. The largest absolute Gasteiger partial charge is 0.446 e. The molecule has 2 N–H and O–H groups in total. The summed E-state index contributed by atoms with van der Waals surface area (Å²) in [5.74, 6) is -0.413. The van der Waals surface area contributed by atoms with Gasteiger partial charge in [-0.1, -0.05) is 42.5 Å². The van der Waals surface area contributed by atoms with Gasteiger partial charge in [-0.3, -0.25) is 4.79 Å². The average Bonchev–Trinajstić information content (AvgIpc) is 2.95. The maximum atomic E-state index is 12.4. The predicted molar refractivity (Wildman–Crippen MR) is 87.3 cm³/mol. The van der Waals surface area contributed by atoms with Crippen molar-refractivity contribution >= 4 is 23.8 Å². The zero-order valence-corrected chi connectivity index (χ0v) is 12.4. The van der Waals surface area contributed by atoms with Gasteiger partial charge in [0, 0.05) is 11.8 Å². The topological polar surface area (TPSA) is 72.6 Å². The van der Waals surface area contributed by atoms with Gasteiger partial charge in [0.2, 0.25) is 0 Å². The van der Waals surface area contributed by atoms with E-state index in [1.165, 1.54) is 6.08 Å². The molecule has 1 unspecified atom stereocenters. The second-order valence-corrected chi connectivity index (χ2v) is 5.22. The summed E-state index contributed by atoms with van der Waals surface area (Å²) in [4.78, 5) is 25.4. The van der Waals surface area contributed by atoms with Crippen LogP contribution in [0.4, 0.5) is 10.5 Å². The molecule has 1 aliphatic heterocycles. The summed E-state index contributed by atoms with van der Waals surface area (Å²) in [7, 11) is 0. The van der Waals surface area contributed by atoms with Crippen molar-refractivity contribution in [3.05, 3.63) is 71.8 Å². The van der Waals surface area contributed by atoms with E-state index < -0.39 is 18.0 Å². The highest BCUT2D eigenvalue weighted by Crippen LogP contribution is 2.27. The molecule has 116 valence electrons. The molecule has 1 fully saturated rings. The van der Waals surface area contributed by atoms with Crippen LogP contribution in [-0.4, -0.2) is 23.5 Å². The Kier molecular flexibility index (Phi) is 4.10. The first-order valence-corrected chi connectivity index (χ1v) is 7.23. The lowest BCUT2D eigenvalue weighted by Gasteiger charge is -2.18. The summed E-state index contributed by atoms with van der Waals surface area (Å²) in [6.07, 6.45) is 2.37. The molecule has 1 aliphatic rings. The highest BCUT2D eigenvalue weighted by molar-refractivity contribution is 6.02. The molecule has 2 aromatic rings. The summed E-state index contributed by atoms with van der Waals surface area (Å²) >= 11 is 0. The van der Waals surface area contributed by atoms with Gasteiger partial charge in [0.1, 0.15) is 12.6 Å². The zero-order valence-electron chi connectivity index (χ0n) is 12.4. The molecule has 0 aliphatic carbocycles. The first kappa shape index (κ1) is 14.8. The minimum Gasteiger partial charge on any atom is -0.446 e. The number of carbonyl (C=O) groups is 2. The number of rotatable bonds is 3. The molecule has 23 heavy (non-hydrogen) atoms. The lowest BCUT2D eigenvalue weighted by molar-refractivity contribution is -0.124. The molecule has 1 saturated heterocycles. The number of anilines is 1. The summed E-state index contributed by atoms with van der Waals surface area (Å²) < 4.78 is 5.04. The van der Waals surface area contributed by atoms with Crippen LogP contribution in [0.1, 0.15) is 17.2 Å². The van der Waals surface area contributed by atoms with Gasteiger partial charge < -0.3 is 10.5 Å². The average molecular weight is 308 g/mol. The summed E-state index contributed by atoms with van der Waals surface area (Å²) in [6, 6.07) is 16.1. The molecule has 3 rings (SSSR count). The highest BCUT2D eigenvalue weighted by Gasteiger charge is 2.37. The SMILES string of the molecule is Nc1cccc(/C=C/C(=O)N2C(=O)OCC2c2ccccc2)c1. The molecular formula is C18H16N2O3. The quantitative estimate of drug-likeness (QED) is 0.699. The Bertz CT molecular complexity index is 756. The smallest absolute Gasteiger partial charge is 0.417 e. The van der Waals surface area contributed by atoms with Crippen LogP contribution in [0, 0.1) is 0 Å². The van der Waals surface area contributed by atoms with E-state index in [1.54, 1.807) is 24.3 Å². The number of benzene rings is 2. The Morgan fingerprint density at radius 1 is 1.17 bits per heavy atom. The molecule has 0 spiro atoms. The van der Waals surface area contributed by atoms with Gasteiger partial charge in [0.15, 0.2) is 0 Å². The third kappa shape index (κ3) is 3.23. The van der Waals surface area contributed by atoms with Gasteiger partial charge in [-0.05, 0) is 29.3 Å². The van der Waals surface area contributed by atoms with Crippen molar-refractivity contribution in [2.75, 3.05) is 12.3 Å². The summed E-state index contributed by atoms with van der Waals surface area (Å²) in [5, 5.41) is 0. The maximum Gasteiger partial charge on any atom is 0.417 e. The molecule has 5 heteroatoms. The van der Waals surface area contributed by atoms with Gasteiger partial charge in [0.25, 0.3) is 5.91 Å². The molecule has 0 saturated carbocycles. The molecule has 0 bridgehead atoms. The molecule has 2 aromatic carbocycles. The number of carbonyl (C=O) groups excluding carboxylic acids is 2. The summed E-state index contributed by atoms with van der Waals surface area (Å²) in [5.41, 5.74) is 7.98.